The standard InChI is InChI=1S/C20H18ClN3OS/c21-18-9-5-14(6-10-18)11-12-22-20(26)24-23-19(25)17-8-7-15-3-1-2-4-16(15)13-17/h1-10,13H,11-12H2,(H,23,25)(H2,22,24,26). The molecular formula is C20H18ClN3OS. The van der Waals surface area contributed by atoms with Gasteiger partial charge in [-0.3, -0.25) is 15.6 Å². The van der Waals surface area contributed by atoms with Gasteiger partial charge in [-0.2, -0.15) is 0 Å². The van der Waals surface area contributed by atoms with E-state index in [-0.39, 0.29) is 5.91 Å². The summed E-state index contributed by atoms with van der Waals surface area (Å²) in [6.45, 7) is 0.652. The fourth-order valence-corrected chi connectivity index (χ4v) is 2.81. The Morgan fingerprint density at radius 2 is 1.65 bits per heavy atom. The van der Waals surface area contributed by atoms with Crippen LogP contribution in [-0.2, 0) is 6.42 Å². The Labute approximate surface area is 162 Å². The molecule has 6 heteroatoms. The molecule has 0 saturated carbocycles. The molecule has 1 amide bonds. The summed E-state index contributed by atoms with van der Waals surface area (Å²) in [5, 5.41) is 6.25. The van der Waals surface area contributed by atoms with Crippen LogP contribution in [0.25, 0.3) is 10.8 Å². The number of halogens is 1. The molecule has 0 radical (unpaired) electrons. The first-order valence-electron chi connectivity index (χ1n) is 8.19. The summed E-state index contributed by atoms with van der Waals surface area (Å²) in [4.78, 5) is 12.2. The SMILES string of the molecule is O=C(NNC(=S)NCCc1ccc(Cl)cc1)c1ccc2ccccc2c1. The summed E-state index contributed by atoms with van der Waals surface area (Å²) < 4.78 is 0. The normalized spacial score (nSPS) is 10.3. The third-order valence-electron chi connectivity index (χ3n) is 3.91. The number of carbonyl (C=O) groups excluding carboxylic acids is 1. The van der Waals surface area contributed by atoms with Crippen LogP contribution in [0, 0.1) is 0 Å². The summed E-state index contributed by atoms with van der Waals surface area (Å²) >= 11 is 11.0. The number of hydrogen-bond donors (Lipinski definition) is 3. The van der Waals surface area contributed by atoms with E-state index in [1.807, 2.05) is 60.7 Å². The van der Waals surface area contributed by atoms with Gasteiger partial charge in [0.2, 0.25) is 0 Å². The zero-order chi connectivity index (χ0) is 18.4. The number of rotatable bonds is 4. The molecule has 132 valence electrons. The number of hydrazine groups is 1. The topological polar surface area (TPSA) is 53.2 Å². The van der Waals surface area contributed by atoms with Crippen LogP contribution in [0.15, 0.2) is 66.7 Å². The molecule has 0 bridgehead atoms. The number of hydrogen-bond acceptors (Lipinski definition) is 2. The van der Waals surface area contributed by atoms with E-state index in [0.717, 1.165) is 27.8 Å². The van der Waals surface area contributed by atoms with Gasteiger partial charge in [-0.15, -0.1) is 0 Å². The lowest BCUT2D eigenvalue weighted by Crippen LogP contribution is -2.47. The first kappa shape index (κ1) is 18.2. The Morgan fingerprint density at radius 3 is 2.42 bits per heavy atom. The van der Waals surface area contributed by atoms with Crippen molar-refractivity contribution >= 4 is 45.6 Å². The van der Waals surface area contributed by atoms with Crippen LogP contribution in [0.5, 0.6) is 0 Å². The van der Waals surface area contributed by atoms with Crippen LogP contribution in [0.2, 0.25) is 5.02 Å². The Kier molecular flexibility index (Phi) is 6.04. The summed E-state index contributed by atoms with van der Waals surface area (Å²) in [6, 6.07) is 21.1. The fourth-order valence-electron chi connectivity index (χ4n) is 2.53. The Balaban J connectivity index is 1.45. The molecular weight excluding hydrogens is 366 g/mol. The van der Waals surface area contributed by atoms with Crippen LogP contribution in [-0.4, -0.2) is 17.6 Å². The van der Waals surface area contributed by atoms with Crippen molar-refractivity contribution in [3.8, 4) is 0 Å². The largest absolute Gasteiger partial charge is 0.361 e. The van der Waals surface area contributed by atoms with Crippen molar-refractivity contribution in [3.05, 3.63) is 82.9 Å². The first-order chi connectivity index (χ1) is 12.6. The minimum absolute atomic E-state index is 0.238. The van der Waals surface area contributed by atoms with Crippen molar-refractivity contribution in [3.63, 3.8) is 0 Å². The predicted molar refractivity (Wildman–Crippen MR) is 110 cm³/mol. The van der Waals surface area contributed by atoms with E-state index in [4.69, 9.17) is 23.8 Å². The van der Waals surface area contributed by atoms with Gasteiger partial charge in [0.25, 0.3) is 5.91 Å². The van der Waals surface area contributed by atoms with E-state index < -0.39 is 0 Å². The van der Waals surface area contributed by atoms with E-state index in [2.05, 4.69) is 16.2 Å². The van der Waals surface area contributed by atoms with Crippen molar-refractivity contribution in [2.45, 2.75) is 6.42 Å². The molecule has 3 aromatic rings. The molecule has 0 atom stereocenters. The number of thiocarbonyl (C=S) groups is 1. The zero-order valence-corrected chi connectivity index (χ0v) is 15.5. The van der Waals surface area contributed by atoms with Gasteiger partial charge in [-0.1, -0.05) is 54.1 Å². The van der Waals surface area contributed by atoms with Crippen molar-refractivity contribution in [2.24, 2.45) is 0 Å². The predicted octanol–water partition coefficient (Wildman–Crippen LogP) is 3.84. The summed E-state index contributed by atoms with van der Waals surface area (Å²) in [6.07, 6.45) is 0.803. The minimum atomic E-state index is -0.238. The molecule has 26 heavy (non-hydrogen) atoms. The molecule has 0 saturated heterocycles. The number of benzene rings is 3. The van der Waals surface area contributed by atoms with E-state index in [9.17, 15) is 4.79 Å². The molecule has 0 unspecified atom stereocenters. The molecule has 4 nitrogen and oxygen atoms in total. The van der Waals surface area contributed by atoms with Crippen molar-refractivity contribution < 1.29 is 4.79 Å². The van der Waals surface area contributed by atoms with E-state index >= 15 is 0 Å². The molecule has 3 aromatic carbocycles. The highest BCUT2D eigenvalue weighted by Gasteiger charge is 2.06. The first-order valence-corrected chi connectivity index (χ1v) is 8.98. The highest BCUT2D eigenvalue weighted by molar-refractivity contribution is 7.80. The van der Waals surface area contributed by atoms with Crippen LogP contribution < -0.4 is 16.2 Å². The maximum Gasteiger partial charge on any atom is 0.269 e. The quantitative estimate of drug-likeness (QED) is 0.473. The monoisotopic (exact) mass is 383 g/mol. The van der Waals surface area contributed by atoms with Gasteiger partial charge < -0.3 is 5.32 Å². The van der Waals surface area contributed by atoms with Crippen LogP contribution in [0.1, 0.15) is 15.9 Å². The van der Waals surface area contributed by atoms with Gasteiger partial charge in [0.15, 0.2) is 5.11 Å². The van der Waals surface area contributed by atoms with E-state index in [0.29, 0.717) is 17.2 Å². The molecule has 0 aliphatic rings. The third-order valence-corrected chi connectivity index (χ3v) is 4.41. The highest BCUT2D eigenvalue weighted by atomic mass is 35.5. The highest BCUT2D eigenvalue weighted by Crippen LogP contribution is 2.15. The summed E-state index contributed by atoms with van der Waals surface area (Å²) in [5.74, 6) is -0.238. The molecule has 0 fully saturated rings. The van der Waals surface area contributed by atoms with Crippen LogP contribution in [0.3, 0.4) is 0 Å². The zero-order valence-electron chi connectivity index (χ0n) is 14.0. The van der Waals surface area contributed by atoms with Crippen molar-refractivity contribution in [1.29, 1.82) is 0 Å². The van der Waals surface area contributed by atoms with E-state index in [1.54, 1.807) is 6.07 Å². The second-order valence-corrected chi connectivity index (χ2v) is 6.62. The van der Waals surface area contributed by atoms with Gasteiger partial charge in [0.05, 0.1) is 0 Å². The Bertz CT molecular complexity index is 928. The number of nitrogens with one attached hydrogen (secondary N) is 3. The number of carbonyl (C=O) groups is 1. The van der Waals surface area contributed by atoms with Gasteiger partial charge in [0.1, 0.15) is 0 Å². The Hall–Kier alpha value is -2.63. The van der Waals surface area contributed by atoms with E-state index in [1.165, 1.54) is 0 Å². The molecule has 0 heterocycles. The average molecular weight is 384 g/mol. The molecule has 0 spiro atoms. The van der Waals surface area contributed by atoms with Gasteiger partial charge in [-0.05, 0) is 59.2 Å². The number of amides is 1. The maximum absolute atomic E-state index is 12.2. The lowest BCUT2D eigenvalue weighted by molar-refractivity contribution is 0.0944. The summed E-state index contributed by atoms with van der Waals surface area (Å²) in [7, 11) is 0. The fraction of sp³-hybridized carbons (Fsp3) is 0.100. The number of fused-ring (bicyclic) bond motifs is 1. The van der Waals surface area contributed by atoms with Gasteiger partial charge >= 0.3 is 0 Å². The molecule has 0 aromatic heterocycles. The molecule has 0 aliphatic heterocycles. The molecule has 0 aliphatic carbocycles. The molecule has 3 rings (SSSR count). The minimum Gasteiger partial charge on any atom is -0.361 e. The molecule has 3 N–H and O–H groups in total. The second kappa shape index (κ2) is 8.65. The van der Waals surface area contributed by atoms with Crippen molar-refractivity contribution in [2.75, 3.05) is 6.54 Å². The van der Waals surface area contributed by atoms with Crippen LogP contribution in [0.4, 0.5) is 0 Å². The third kappa shape index (κ3) is 4.94. The average Bonchev–Trinajstić information content (AvgIpc) is 2.67. The van der Waals surface area contributed by atoms with Crippen LogP contribution >= 0.6 is 23.8 Å². The van der Waals surface area contributed by atoms with Crippen molar-refractivity contribution in [1.82, 2.24) is 16.2 Å². The maximum atomic E-state index is 12.2. The Morgan fingerprint density at radius 1 is 0.923 bits per heavy atom. The van der Waals surface area contributed by atoms with Gasteiger partial charge in [0, 0.05) is 17.1 Å². The summed E-state index contributed by atoms with van der Waals surface area (Å²) in [5.41, 5.74) is 7.06. The smallest absolute Gasteiger partial charge is 0.269 e. The second-order valence-electron chi connectivity index (χ2n) is 5.77. The lowest BCUT2D eigenvalue weighted by Gasteiger charge is -2.12. The van der Waals surface area contributed by atoms with Gasteiger partial charge in [-0.25, -0.2) is 0 Å². The lowest BCUT2D eigenvalue weighted by atomic mass is 10.1.